The molecule has 0 radical (unpaired) electrons. The first-order chi connectivity index (χ1) is 10.7. The number of unbranched alkanes of at least 4 members (excludes halogenated alkanes) is 5. The Hall–Kier alpha value is -0.740. The van der Waals surface area contributed by atoms with Gasteiger partial charge in [-0.05, 0) is 34.8 Å². The second-order valence-corrected chi connectivity index (χ2v) is 7.06. The van der Waals surface area contributed by atoms with E-state index < -0.39 is 0 Å². The fourth-order valence-electron chi connectivity index (χ4n) is 2.50. The Bertz CT molecular complexity index is 599. The third kappa shape index (κ3) is 4.88. The molecular weight excluding hydrogens is 408 g/mol. The van der Waals surface area contributed by atoms with Crippen LogP contribution in [-0.2, 0) is 0 Å². The van der Waals surface area contributed by atoms with Gasteiger partial charge in [0.1, 0.15) is 11.5 Å². The van der Waals surface area contributed by atoms with E-state index in [1.54, 1.807) is 0 Å². The van der Waals surface area contributed by atoms with Gasteiger partial charge in [-0.3, -0.25) is 0 Å². The molecule has 0 bridgehead atoms. The maximum Gasteiger partial charge on any atom is 0.137 e. The van der Waals surface area contributed by atoms with E-state index in [-0.39, 0.29) is 5.75 Å². The molecule has 2 rings (SSSR count). The summed E-state index contributed by atoms with van der Waals surface area (Å²) in [6.45, 7) is 0.722. The summed E-state index contributed by atoms with van der Waals surface area (Å²) in [5.74, 6) is 1.11. The van der Waals surface area contributed by atoms with E-state index >= 15 is 0 Å². The fraction of sp³-hybridized carbons (Fsp3) is 0.444. The van der Waals surface area contributed by atoms with Crippen LogP contribution >= 0.6 is 31.9 Å². The lowest BCUT2D eigenvalue weighted by molar-refractivity contribution is 0.307. The number of rotatable bonds is 9. The number of fused-ring (bicyclic) bond motifs is 1. The molecule has 4 heteroatoms. The van der Waals surface area contributed by atoms with Crippen molar-refractivity contribution >= 4 is 42.6 Å². The van der Waals surface area contributed by atoms with Crippen molar-refractivity contribution in [1.82, 2.24) is 0 Å². The fourth-order valence-corrected chi connectivity index (χ4v) is 3.32. The molecule has 2 nitrogen and oxygen atoms in total. The van der Waals surface area contributed by atoms with Crippen molar-refractivity contribution in [2.75, 3.05) is 11.9 Å². The number of hydrogen-bond acceptors (Lipinski definition) is 2. The van der Waals surface area contributed by atoms with Crippen molar-refractivity contribution in [2.24, 2.45) is 0 Å². The van der Waals surface area contributed by atoms with Crippen LogP contribution in [0.3, 0.4) is 0 Å². The maximum absolute atomic E-state index is 10.1. The molecule has 0 aliphatic heterocycles. The van der Waals surface area contributed by atoms with Crippen molar-refractivity contribution < 1.29 is 9.84 Å². The van der Waals surface area contributed by atoms with Gasteiger partial charge in [0.05, 0.1) is 11.1 Å². The Morgan fingerprint density at radius 3 is 2.27 bits per heavy atom. The van der Waals surface area contributed by atoms with Crippen molar-refractivity contribution in [3.63, 3.8) is 0 Å². The average molecular weight is 430 g/mol. The second-order valence-electron chi connectivity index (χ2n) is 5.41. The summed E-state index contributed by atoms with van der Waals surface area (Å²) in [7, 11) is 0. The first-order valence-electron chi connectivity index (χ1n) is 7.83. The van der Waals surface area contributed by atoms with Crippen molar-refractivity contribution in [3.8, 4) is 11.5 Å². The minimum Gasteiger partial charge on any atom is -0.506 e. The summed E-state index contributed by atoms with van der Waals surface area (Å²) in [4.78, 5) is 0. The number of hydrogen-bond donors (Lipinski definition) is 1. The molecule has 0 aliphatic rings. The van der Waals surface area contributed by atoms with Gasteiger partial charge in [0.25, 0.3) is 0 Å². The van der Waals surface area contributed by atoms with E-state index in [1.807, 2.05) is 30.3 Å². The molecule has 2 aromatic rings. The topological polar surface area (TPSA) is 29.5 Å². The van der Waals surface area contributed by atoms with Crippen LogP contribution in [0.4, 0.5) is 0 Å². The lowest BCUT2D eigenvalue weighted by Gasteiger charge is -2.12. The summed E-state index contributed by atoms with van der Waals surface area (Å²) in [5.41, 5.74) is 0. The number of phenolic OH excluding ortho intramolecular Hbond substituents is 1. The van der Waals surface area contributed by atoms with Crippen molar-refractivity contribution in [1.29, 1.82) is 0 Å². The first kappa shape index (κ1) is 17.6. The summed E-state index contributed by atoms with van der Waals surface area (Å²) in [6.07, 6.45) is 7.43. The van der Waals surface area contributed by atoms with Gasteiger partial charge < -0.3 is 9.84 Å². The molecule has 1 N–H and O–H groups in total. The van der Waals surface area contributed by atoms with Crippen LogP contribution in [0.25, 0.3) is 10.8 Å². The highest BCUT2D eigenvalue weighted by Crippen LogP contribution is 2.38. The predicted molar refractivity (Wildman–Crippen MR) is 100 cm³/mol. The minimum absolute atomic E-state index is 0.273. The summed E-state index contributed by atoms with van der Waals surface area (Å²) in [5, 5.41) is 13.0. The third-order valence-corrected chi connectivity index (χ3v) is 4.88. The number of benzene rings is 2. The monoisotopic (exact) mass is 428 g/mol. The molecule has 0 aromatic heterocycles. The SMILES string of the molecule is Oc1c(Br)cc(OCCCCCCCCBr)c2ccccc12. The number of ether oxygens (including phenoxy) is 1. The van der Waals surface area contributed by atoms with Gasteiger partial charge in [-0.1, -0.05) is 65.9 Å². The van der Waals surface area contributed by atoms with E-state index in [0.717, 1.165) is 34.9 Å². The molecule has 0 saturated heterocycles. The van der Waals surface area contributed by atoms with Crippen LogP contribution in [0.5, 0.6) is 11.5 Å². The van der Waals surface area contributed by atoms with Crippen LogP contribution in [0.15, 0.2) is 34.8 Å². The molecule has 0 saturated carbocycles. The highest BCUT2D eigenvalue weighted by Gasteiger charge is 2.10. The molecule has 0 aliphatic carbocycles. The molecule has 2 aromatic carbocycles. The zero-order valence-electron chi connectivity index (χ0n) is 12.7. The van der Waals surface area contributed by atoms with E-state index in [9.17, 15) is 5.11 Å². The van der Waals surface area contributed by atoms with Crippen molar-refractivity contribution in [2.45, 2.75) is 38.5 Å². The Labute approximate surface area is 149 Å². The molecule has 120 valence electrons. The van der Waals surface area contributed by atoms with E-state index in [1.165, 1.54) is 32.1 Å². The molecule has 22 heavy (non-hydrogen) atoms. The molecule has 0 spiro atoms. The zero-order chi connectivity index (χ0) is 15.8. The standard InChI is InChI=1S/C18H22Br2O2/c19-11-7-3-1-2-4-8-12-22-17-13-16(20)18(21)15-10-6-5-9-14(15)17/h5-6,9-10,13,21H,1-4,7-8,11-12H2. The molecule has 0 heterocycles. The lowest BCUT2D eigenvalue weighted by atomic mass is 10.1. The quantitative estimate of drug-likeness (QED) is 0.368. The van der Waals surface area contributed by atoms with Gasteiger partial charge in [-0.15, -0.1) is 0 Å². The molecule has 0 amide bonds. The number of phenols is 1. The van der Waals surface area contributed by atoms with Crippen LogP contribution in [-0.4, -0.2) is 17.0 Å². The van der Waals surface area contributed by atoms with Crippen LogP contribution in [0, 0.1) is 0 Å². The Kier molecular flexibility index (Phi) is 7.53. The van der Waals surface area contributed by atoms with Gasteiger partial charge in [0.15, 0.2) is 0 Å². The second kappa shape index (κ2) is 9.41. The zero-order valence-corrected chi connectivity index (χ0v) is 15.8. The Morgan fingerprint density at radius 1 is 0.909 bits per heavy atom. The third-order valence-electron chi connectivity index (χ3n) is 3.72. The van der Waals surface area contributed by atoms with E-state index in [0.29, 0.717) is 4.47 Å². The number of halogens is 2. The highest BCUT2D eigenvalue weighted by atomic mass is 79.9. The van der Waals surface area contributed by atoms with Gasteiger partial charge >= 0.3 is 0 Å². The van der Waals surface area contributed by atoms with Crippen LogP contribution < -0.4 is 4.74 Å². The van der Waals surface area contributed by atoms with Gasteiger partial charge in [-0.2, -0.15) is 0 Å². The van der Waals surface area contributed by atoms with Gasteiger partial charge in [0, 0.05) is 16.1 Å². The molecule has 0 atom stereocenters. The summed E-state index contributed by atoms with van der Waals surface area (Å²) >= 11 is 6.85. The Balaban J connectivity index is 1.86. The Morgan fingerprint density at radius 2 is 1.55 bits per heavy atom. The van der Waals surface area contributed by atoms with Crippen LogP contribution in [0.2, 0.25) is 0 Å². The summed E-state index contributed by atoms with van der Waals surface area (Å²) in [6, 6.07) is 9.63. The molecular formula is C18H22Br2O2. The molecule has 0 fully saturated rings. The largest absolute Gasteiger partial charge is 0.506 e. The smallest absolute Gasteiger partial charge is 0.137 e. The predicted octanol–water partition coefficient (Wildman–Crippen LogP) is 6.42. The van der Waals surface area contributed by atoms with E-state index in [4.69, 9.17) is 4.74 Å². The van der Waals surface area contributed by atoms with Gasteiger partial charge in [0.2, 0.25) is 0 Å². The average Bonchev–Trinajstić information content (AvgIpc) is 2.54. The van der Waals surface area contributed by atoms with Crippen LogP contribution in [0.1, 0.15) is 38.5 Å². The minimum atomic E-state index is 0.273. The van der Waals surface area contributed by atoms with Crippen molar-refractivity contribution in [3.05, 3.63) is 34.8 Å². The molecule has 0 unspecified atom stereocenters. The maximum atomic E-state index is 10.1. The van der Waals surface area contributed by atoms with E-state index in [2.05, 4.69) is 31.9 Å². The lowest BCUT2D eigenvalue weighted by Crippen LogP contribution is -1.98. The summed E-state index contributed by atoms with van der Waals surface area (Å²) < 4.78 is 6.61. The first-order valence-corrected chi connectivity index (χ1v) is 9.74. The van der Waals surface area contributed by atoms with Gasteiger partial charge in [-0.25, -0.2) is 0 Å². The number of alkyl halides is 1. The number of aromatic hydroxyl groups is 1. The highest BCUT2D eigenvalue weighted by molar-refractivity contribution is 9.10. The normalized spacial score (nSPS) is 11.0.